The Morgan fingerprint density at radius 2 is 1.86 bits per heavy atom. The van der Waals surface area contributed by atoms with Crippen LogP contribution in [-0.4, -0.2) is 36.2 Å². The fourth-order valence-electron chi connectivity index (χ4n) is 1.79. The lowest BCUT2D eigenvalue weighted by Gasteiger charge is -2.31. The molecule has 0 amide bonds. The molecule has 0 spiro atoms. The Kier molecular flexibility index (Phi) is 2.56. The fraction of sp³-hybridized carbons (Fsp3) is 0.900. The highest BCUT2D eigenvalue weighted by Gasteiger charge is 2.36. The van der Waals surface area contributed by atoms with Gasteiger partial charge in [0.25, 0.3) is 5.92 Å². The maximum absolute atomic E-state index is 12.8. The molecule has 1 saturated carbocycles. The van der Waals surface area contributed by atoms with Crippen LogP contribution in [0.1, 0.15) is 25.7 Å². The Labute approximate surface area is 82.3 Å². The summed E-state index contributed by atoms with van der Waals surface area (Å²) in [5.41, 5.74) is 0. The Morgan fingerprint density at radius 1 is 1.29 bits per heavy atom. The first kappa shape index (κ1) is 10.0. The van der Waals surface area contributed by atoms with Crippen molar-refractivity contribution in [3.05, 3.63) is 0 Å². The second-order valence-corrected chi connectivity index (χ2v) is 4.37. The molecule has 0 radical (unpaired) electrons. The van der Waals surface area contributed by atoms with E-state index in [0.29, 0.717) is 19.6 Å². The molecule has 1 heterocycles. The molecule has 0 aromatic carbocycles. The van der Waals surface area contributed by atoms with Gasteiger partial charge in [-0.3, -0.25) is 9.69 Å². The first-order valence-electron chi connectivity index (χ1n) is 5.20. The molecule has 2 nitrogen and oxygen atoms in total. The van der Waals surface area contributed by atoms with Crippen molar-refractivity contribution in [2.75, 3.05) is 19.6 Å². The molecular formula is C10H15F2NO. The van der Waals surface area contributed by atoms with Crippen LogP contribution in [0.2, 0.25) is 0 Å². The smallest absolute Gasteiger partial charge is 0.250 e. The normalized spacial score (nSPS) is 27.6. The van der Waals surface area contributed by atoms with E-state index in [1.54, 1.807) is 0 Å². The molecule has 80 valence electrons. The maximum Gasteiger partial charge on any atom is 0.250 e. The van der Waals surface area contributed by atoms with E-state index in [9.17, 15) is 13.6 Å². The largest absolute Gasteiger partial charge is 0.298 e. The molecule has 2 fully saturated rings. The van der Waals surface area contributed by atoms with Crippen LogP contribution < -0.4 is 0 Å². The number of halogens is 2. The monoisotopic (exact) mass is 203 g/mol. The number of nitrogens with zero attached hydrogens (tertiary/aromatic N) is 1. The third kappa shape index (κ3) is 2.50. The molecule has 4 heteroatoms. The number of carbonyl (C=O) groups is 1. The first-order chi connectivity index (χ1) is 6.57. The van der Waals surface area contributed by atoms with E-state index in [0.717, 1.165) is 12.8 Å². The summed E-state index contributed by atoms with van der Waals surface area (Å²) in [5, 5.41) is 0. The number of rotatable bonds is 3. The van der Waals surface area contributed by atoms with E-state index >= 15 is 0 Å². The number of hydrogen-bond acceptors (Lipinski definition) is 2. The molecule has 0 aromatic heterocycles. The van der Waals surface area contributed by atoms with E-state index in [1.165, 1.54) is 0 Å². The summed E-state index contributed by atoms with van der Waals surface area (Å²) < 4.78 is 25.5. The highest BCUT2D eigenvalue weighted by atomic mass is 19.3. The predicted octanol–water partition coefficient (Wildman–Crippen LogP) is 1.70. The zero-order valence-corrected chi connectivity index (χ0v) is 8.14. The van der Waals surface area contributed by atoms with Gasteiger partial charge < -0.3 is 0 Å². The molecule has 0 atom stereocenters. The minimum absolute atomic E-state index is 0.0923. The van der Waals surface area contributed by atoms with Gasteiger partial charge in [0.1, 0.15) is 5.78 Å². The predicted molar refractivity (Wildman–Crippen MR) is 48.4 cm³/mol. The number of carbonyl (C=O) groups excluding carboxylic acids is 1. The van der Waals surface area contributed by atoms with Gasteiger partial charge in [-0.05, 0) is 12.8 Å². The molecule has 1 saturated heterocycles. The maximum atomic E-state index is 12.8. The number of Topliss-reactive ketones (excluding diaryl/α,β-unsaturated/α-hetero) is 1. The number of ketones is 1. The van der Waals surface area contributed by atoms with Crippen LogP contribution >= 0.6 is 0 Å². The van der Waals surface area contributed by atoms with Crippen LogP contribution in [0.4, 0.5) is 8.78 Å². The Bertz CT molecular complexity index is 228. The van der Waals surface area contributed by atoms with Gasteiger partial charge in [0, 0.05) is 31.8 Å². The summed E-state index contributed by atoms with van der Waals surface area (Å²) in [6.45, 7) is 1.12. The molecule has 2 aliphatic rings. The zero-order chi connectivity index (χ0) is 10.2. The van der Waals surface area contributed by atoms with E-state index in [2.05, 4.69) is 0 Å². The van der Waals surface area contributed by atoms with Crippen molar-refractivity contribution in [2.24, 2.45) is 5.92 Å². The molecule has 0 bridgehead atoms. The molecule has 0 N–H and O–H groups in total. The summed E-state index contributed by atoms with van der Waals surface area (Å²) in [7, 11) is 0. The van der Waals surface area contributed by atoms with Gasteiger partial charge in [-0.15, -0.1) is 0 Å². The van der Waals surface area contributed by atoms with E-state index in [1.807, 2.05) is 4.90 Å². The molecular weight excluding hydrogens is 188 g/mol. The lowest BCUT2D eigenvalue weighted by Crippen LogP contribution is -2.42. The zero-order valence-electron chi connectivity index (χ0n) is 8.14. The van der Waals surface area contributed by atoms with Crippen molar-refractivity contribution in [3.63, 3.8) is 0 Å². The Morgan fingerprint density at radius 3 is 2.36 bits per heavy atom. The van der Waals surface area contributed by atoms with E-state index in [4.69, 9.17) is 0 Å². The lowest BCUT2D eigenvalue weighted by molar-refractivity contribution is -0.123. The summed E-state index contributed by atoms with van der Waals surface area (Å²) in [6, 6.07) is 0. The van der Waals surface area contributed by atoms with Gasteiger partial charge in [0.2, 0.25) is 0 Å². The average molecular weight is 203 g/mol. The molecule has 1 aliphatic heterocycles. The van der Waals surface area contributed by atoms with Crippen LogP contribution in [0.25, 0.3) is 0 Å². The molecule has 2 rings (SSSR count). The summed E-state index contributed by atoms with van der Waals surface area (Å²) in [5.74, 6) is -2.01. The number of alkyl halides is 2. The van der Waals surface area contributed by atoms with Gasteiger partial charge >= 0.3 is 0 Å². The second-order valence-electron chi connectivity index (χ2n) is 4.37. The van der Waals surface area contributed by atoms with E-state index in [-0.39, 0.29) is 24.5 Å². The minimum Gasteiger partial charge on any atom is -0.298 e. The average Bonchev–Trinajstić information content (AvgIpc) is 2.91. The van der Waals surface area contributed by atoms with Gasteiger partial charge in [0.15, 0.2) is 0 Å². The fourth-order valence-corrected chi connectivity index (χ4v) is 1.79. The SMILES string of the molecule is O=C(CN1CCC(F)(F)CC1)C1CC1. The van der Waals surface area contributed by atoms with Crippen molar-refractivity contribution in [1.82, 2.24) is 4.90 Å². The number of hydrogen-bond donors (Lipinski definition) is 0. The molecule has 14 heavy (non-hydrogen) atoms. The quantitative estimate of drug-likeness (QED) is 0.695. The first-order valence-corrected chi connectivity index (χ1v) is 5.20. The van der Waals surface area contributed by atoms with Crippen molar-refractivity contribution in [2.45, 2.75) is 31.6 Å². The number of piperidine rings is 1. The Balaban J connectivity index is 1.75. The van der Waals surface area contributed by atoms with Crippen LogP contribution in [0.3, 0.4) is 0 Å². The van der Waals surface area contributed by atoms with Crippen molar-refractivity contribution in [1.29, 1.82) is 0 Å². The Hall–Kier alpha value is -0.510. The second kappa shape index (κ2) is 3.57. The van der Waals surface area contributed by atoms with Crippen molar-refractivity contribution >= 4 is 5.78 Å². The summed E-state index contributed by atoms with van der Waals surface area (Å²) >= 11 is 0. The summed E-state index contributed by atoms with van der Waals surface area (Å²) in [4.78, 5) is 13.3. The summed E-state index contributed by atoms with van der Waals surface area (Å²) in [6.07, 6.45) is 1.82. The van der Waals surface area contributed by atoms with Crippen molar-refractivity contribution < 1.29 is 13.6 Å². The van der Waals surface area contributed by atoms with Crippen LogP contribution in [0.15, 0.2) is 0 Å². The lowest BCUT2D eigenvalue weighted by atomic mass is 10.1. The molecule has 0 aromatic rings. The topological polar surface area (TPSA) is 20.3 Å². The molecule has 1 aliphatic carbocycles. The highest BCUT2D eigenvalue weighted by molar-refractivity contribution is 5.84. The molecule has 0 unspecified atom stereocenters. The minimum atomic E-state index is -2.50. The highest BCUT2D eigenvalue weighted by Crippen LogP contribution is 2.31. The van der Waals surface area contributed by atoms with E-state index < -0.39 is 5.92 Å². The standard InChI is InChI=1S/C10H15F2NO/c11-10(12)3-5-13(6-4-10)7-9(14)8-1-2-8/h8H,1-7H2. The van der Waals surface area contributed by atoms with Gasteiger partial charge in [-0.2, -0.15) is 0 Å². The van der Waals surface area contributed by atoms with Gasteiger partial charge in [-0.25, -0.2) is 8.78 Å². The third-order valence-corrected chi connectivity index (χ3v) is 3.00. The third-order valence-electron chi connectivity index (χ3n) is 3.00. The van der Waals surface area contributed by atoms with Crippen molar-refractivity contribution in [3.8, 4) is 0 Å². The van der Waals surface area contributed by atoms with Crippen LogP contribution in [-0.2, 0) is 4.79 Å². The van der Waals surface area contributed by atoms with Crippen LogP contribution in [0, 0.1) is 5.92 Å². The number of likely N-dealkylation sites (tertiary alicyclic amines) is 1. The van der Waals surface area contributed by atoms with Crippen LogP contribution in [0.5, 0.6) is 0 Å². The van der Waals surface area contributed by atoms with Gasteiger partial charge in [0.05, 0.1) is 6.54 Å². The van der Waals surface area contributed by atoms with Gasteiger partial charge in [-0.1, -0.05) is 0 Å².